The van der Waals surface area contributed by atoms with Gasteiger partial charge in [0, 0.05) is 18.1 Å². The normalized spacial score (nSPS) is 34.2. The van der Waals surface area contributed by atoms with Crippen molar-refractivity contribution in [3.05, 3.63) is 0 Å². The van der Waals surface area contributed by atoms with E-state index >= 15 is 0 Å². The fraction of sp³-hybridized carbons (Fsp3) is 0.857. The first-order valence-electron chi connectivity index (χ1n) is 7.61. The summed E-state index contributed by atoms with van der Waals surface area (Å²) in [5, 5.41) is 14.9. The smallest absolute Gasteiger partial charge is 0.315 e. The maximum absolute atomic E-state index is 12.0. The monoisotopic (exact) mass is 283 g/mol. The van der Waals surface area contributed by atoms with Crippen LogP contribution in [0.1, 0.15) is 51.4 Å². The topological polar surface area (TPSA) is 104 Å². The molecular weight excluding hydrogens is 258 g/mol. The summed E-state index contributed by atoms with van der Waals surface area (Å²) in [6, 6.07) is -0.164. The number of nitrogens with two attached hydrogens (primary N) is 1. The van der Waals surface area contributed by atoms with Crippen LogP contribution in [0.25, 0.3) is 0 Å². The fourth-order valence-electron chi connectivity index (χ4n) is 3.28. The van der Waals surface area contributed by atoms with Crippen molar-refractivity contribution in [2.75, 3.05) is 0 Å². The molecule has 0 radical (unpaired) electrons. The van der Waals surface area contributed by atoms with E-state index in [1.54, 1.807) is 0 Å². The highest BCUT2D eigenvalue weighted by molar-refractivity contribution is 5.75. The predicted octanol–water partition coefficient (Wildman–Crippen LogP) is 1.20. The molecule has 0 aromatic carbocycles. The van der Waals surface area contributed by atoms with Crippen molar-refractivity contribution >= 4 is 12.0 Å². The van der Waals surface area contributed by atoms with Crippen LogP contribution in [0.4, 0.5) is 4.79 Å². The molecule has 5 N–H and O–H groups in total. The van der Waals surface area contributed by atoms with Crippen molar-refractivity contribution in [1.29, 1.82) is 0 Å². The molecule has 0 aromatic heterocycles. The molecule has 6 nitrogen and oxygen atoms in total. The van der Waals surface area contributed by atoms with Crippen molar-refractivity contribution in [3.8, 4) is 0 Å². The molecule has 2 aliphatic carbocycles. The number of carbonyl (C=O) groups excluding carboxylic acids is 1. The van der Waals surface area contributed by atoms with Crippen LogP contribution in [0.3, 0.4) is 0 Å². The van der Waals surface area contributed by atoms with Gasteiger partial charge in [-0.25, -0.2) is 4.79 Å². The Hall–Kier alpha value is -1.30. The number of hydrogen-bond acceptors (Lipinski definition) is 3. The minimum absolute atomic E-state index is 0.0348. The van der Waals surface area contributed by atoms with Crippen molar-refractivity contribution in [3.63, 3.8) is 0 Å². The first-order valence-corrected chi connectivity index (χ1v) is 7.61. The molecule has 0 aliphatic heterocycles. The van der Waals surface area contributed by atoms with Crippen molar-refractivity contribution < 1.29 is 14.7 Å². The van der Waals surface area contributed by atoms with Crippen LogP contribution >= 0.6 is 0 Å². The Morgan fingerprint density at radius 2 is 1.75 bits per heavy atom. The molecular formula is C14H25N3O3. The molecule has 4 unspecified atom stereocenters. The molecule has 2 fully saturated rings. The number of urea groups is 1. The standard InChI is InChI=1S/C14H25N3O3/c15-11-6-1-2-7-12(11)17-14(20)16-10-5-3-4-9(8-10)13(18)19/h9-12H,1-8,15H2,(H,18,19)(H2,16,17,20). The third kappa shape index (κ3) is 4.10. The molecule has 114 valence electrons. The summed E-state index contributed by atoms with van der Waals surface area (Å²) in [7, 11) is 0. The van der Waals surface area contributed by atoms with E-state index in [1.807, 2.05) is 0 Å². The Morgan fingerprint density at radius 3 is 2.45 bits per heavy atom. The van der Waals surface area contributed by atoms with E-state index in [1.165, 1.54) is 0 Å². The minimum Gasteiger partial charge on any atom is -0.481 e. The van der Waals surface area contributed by atoms with Gasteiger partial charge in [0.05, 0.1) is 5.92 Å². The van der Waals surface area contributed by atoms with Crippen LogP contribution in [0, 0.1) is 5.92 Å². The molecule has 0 saturated heterocycles. The average molecular weight is 283 g/mol. The van der Waals surface area contributed by atoms with Crippen LogP contribution in [-0.4, -0.2) is 35.2 Å². The van der Waals surface area contributed by atoms with E-state index < -0.39 is 5.97 Å². The fourth-order valence-corrected chi connectivity index (χ4v) is 3.28. The molecule has 4 atom stereocenters. The lowest BCUT2D eigenvalue weighted by Crippen LogP contribution is -2.54. The summed E-state index contributed by atoms with van der Waals surface area (Å²) < 4.78 is 0. The highest BCUT2D eigenvalue weighted by atomic mass is 16.4. The Kier molecular flexibility index (Phi) is 5.23. The highest BCUT2D eigenvalue weighted by Crippen LogP contribution is 2.24. The zero-order valence-electron chi connectivity index (χ0n) is 11.8. The maximum Gasteiger partial charge on any atom is 0.315 e. The highest BCUT2D eigenvalue weighted by Gasteiger charge is 2.29. The third-order valence-electron chi connectivity index (χ3n) is 4.49. The number of rotatable bonds is 3. The number of carboxylic acids is 1. The molecule has 2 amide bonds. The second-order valence-electron chi connectivity index (χ2n) is 6.07. The molecule has 0 spiro atoms. The molecule has 20 heavy (non-hydrogen) atoms. The van der Waals surface area contributed by atoms with Gasteiger partial charge < -0.3 is 21.5 Å². The molecule has 0 bridgehead atoms. The van der Waals surface area contributed by atoms with Gasteiger partial charge in [-0.3, -0.25) is 4.79 Å². The van der Waals surface area contributed by atoms with Crippen LogP contribution in [0.5, 0.6) is 0 Å². The van der Waals surface area contributed by atoms with Crippen LogP contribution in [-0.2, 0) is 4.79 Å². The lowest BCUT2D eigenvalue weighted by Gasteiger charge is -2.31. The summed E-state index contributed by atoms with van der Waals surface area (Å²) in [5.74, 6) is -1.09. The summed E-state index contributed by atoms with van der Waals surface area (Å²) >= 11 is 0. The zero-order valence-corrected chi connectivity index (χ0v) is 11.8. The van der Waals surface area contributed by atoms with Gasteiger partial charge in [-0.2, -0.15) is 0 Å². The Balaban J connectivity index is 1.77. The van der Waals surface area contributed by atoms with E-state index in [0.29, 0.717) is 12.8 Å². The molecule has 0 aromatic rings. The van der Waals surface area contributed by atoms with Crippen molar-refractivity contribution in [1.82, 2.24) is 10.6 Å². The Morgan fingerprint density at radius 1 is 1.00 bits per heavy atom. The predicted molar refractivity (Wildman–Crippen MR) is 75.3 cm³/mol. The second kappa shape index (κ2) is 6.92. The number of carboxylic acid groups (broad SMARTS) is 1. The van der Waals surface area contributed by atoms with Gasteiger partial charge in [0.1, 0.15) is 0 Å². The van der Waals surface area contributed by atoms with Crippen LogP contribution < -0.4 is 16.4 Å². The third-order valence-corrected chi connectivity index (χ3v) is 4.49. The summed E-state index contributed by atoms with van der Waals surface area (Å²) in [6.45, 7) is 0. The van der Waals surface area contributed by atoms with Crippen molar-refractivity contribution in [2.45, 2.75) is 69.5 Å². The van der Waals surface area contributed by atoms with E-state index in [-0.39, 0.29) is 30.1 Å². The number of nitrogens with one attached hydrogen (secondary N) is 2. The summed E-state index contributed by atoms with van der Waals surface area (Å²) in [4.78, 5) is 23.0. The van der Waals surface area contributed by atoms with Gasteiger partial charge in [-0.1, -0.05) is 19.3 Å². The largest absolute Gasteiger partial charge is 0.481 e. The van der Waals surface area contributed by atoms with Gasteiger partial charge in [0.2, 0.25) is 0 Å². The van der Waals surface area contributed by atoms with E-state index in [4.69, 9.17) is 10.8 Å². The van der Waals surface area contributed by atoms with E-state index in [9.17, 15) is 9.59 Å². The Bertz CT molecular complexity index is 362. The zero-order chi connectivity index (χ0) is 14.5. The molecule has 2 aliphatic rings. The molecule has 6 heteroatoms. The van der Waals surface area contributed by atoms with Gasteiger partial charge >= 0.3 is 12.0 Å². The van der Waals surface area contributed by atoms with Crippen LogP contribution in [0.2, 0.25) is 0 Å². The SMILES string of the molecule is NC1CCCCC1NC(=O)NC1CCCC(C(=O)O)C1. The number of amides is 2. The van der Waals surface area contributed by atoms with Gasteiger partial charge in [0.25, 0.3) is 0 Å². The summed E-state index contributed by atoms with van der Waals surface area (Å²) in [5.41, 5.74) is 6.00. The minimum atomic E-state index is -0.758. The van der Waals surface area contributed by atoms with E-state index in [0.717, 1.165) is 38.5 Å². The quantitative estimate of drug-likeness (QED) is 0.624. The maximum atomic E-state index is 12.0. The first-order chi connectivity index (χ1) is 9.56. The second-order valence-corrected chi connectivity index (χ2v) is 6.07. The van der Waals surface area contributed by atoms with E-state index in [2.05, 4.69) is 10.6 Å². The number of hydrogen-bond donors (Lipinski definition) is 4. The van der Waals surface area contributed by atoms with Gasteiger partial charge in [-0.05, 0) is 32.1 Å². The molecule has 2 saturated carbocycles. The lowest BCUT2D eigenvalue weighted by atomic mass is 9.86. The molecule has 2 rings (SSSR count). The average Bonchev–Trinajstić information content (AvgIpc) is 2.41. The first kappa shape index (κ1) is 15.1. The van der Waals surface area contributed by atoms with Crippen LogP contribution in [0.15, 0.2) is 0 Å². The number of aliphatic carboxylic acids is 1. The number of carbonyl (C=O) groups is 2. The molecule has 0 heterocycles. The van der Waals surface area contributed by atoms with Gasteiger partial charge in [0.15, 0.2) is 0 Å². The van der Waals surface area contributed by atoms with Gasteiger partial charge in [-0.15, -0.1) is 0 Å². The lowest BCUT2D eigenvalue weighted by molar-refractivity contribution is -0.143. The van der Waals surface area contributed by atoms with Crippen molar-refractivity contribution in [2.24, 2.45) is 11.7 Å². The summed E-state index contributed by atoms with van der Waals surface area (Å²) in [6.07, 6.45) is 7.06. The Labute approximate surface area is 119 Å².